The average Bonchev–Trinajstić information content (AvgIpc) is 2.83. The van der Waals surface area contributed by atoms with Crippen LogP contribution in [-0.2, 0) is 19.5 Å². The van der Waals surface area contributed by atoms with E-state index in [1.807, 2.05) is 20.2 Å². The van der Waals surface area contributed by atoms with Crippen LogP contribution >= 0.6 is 22.9 Å². The van der Waals surface area contributed by atoms with Gasteiger partial charge in [-0.2, -0.15) is 0 Å². The van der Waals surface area contributed by atoms with Crippen LogP contribution in [0.2, 0.25) is 4.34 Å². The molecule has 2 aromatic rings. The molecule has 20 heavy (non-hydrogen) atoms. The summed E-state index contributed by atoms with van der Waals surface area (Å²) in [4.78, 5) is 14.6. The highest BCUT2D eigenvalue weighted by Gasteiger charge is 2.22. The van der Waals surface area contributed by atoms with Crippen LogP contribution in [0.3, 0.4) is 0 Å². The Morgan fingerprint density at radius 3 is 2.90 bits per heavy atom. The minimum absolute atomic E-state index is 0.856. The van der Waals surface area contributed by atoms with E-state index >= 15 is 0 Å². The lowest BCUT2D eigenvalue weighted by atomic mass is 10.1. The zero-order valence-electron chi connectivity index (χ0n) is 11.6. The molecule has 0 aliphatic carbocycles. The normalized spacial score (nSPS) is 15.2. The molecule has 0 aromatic carbocycles. The number of fused-ring (bicyclic) bond motifs is 1. The molecule has 0 spiro atoms. The van der Waals surface area contributed by atoms with Gasteiger partial charge in [-0.3, -0.25) is 4.90 Å². The molecule has 0 amide bonds. The lowest BCUT2D eigenvalue weighted by Crippen LogP contribution is -2.32. The van der Waals surface area contributed by atoms with Crippen LogP contribution in [0.5, 0.6) is 0 Å². The van der Waals surface area contributed by atoms with Gasteiger partial charge in [-0.05, 0) is 12.1 Å². The third-order valence-electron chi connectivity index (χ3n) is 3.49. The molecule has 106 valence electrons. The highest BCUT2D eigenvalue weighted by Crippen LogP contribution is 2.28. The van der Waals surface area contributed by atoms with Gasteiger partial charge in [0, 0.05) is 50.6 Å². The minimum atomic E-state index is 0.856. The number of aromatic nitrogens is 2. The molecule has 0 bridgehead atoms. The number of nitrogens with zero attached hydrogens (tertiary/aromatic N) is 4. The topological polar surface area (TPSA) is 32.3 Å². The van der Waals surface area contributed by atoms with Crippen LogP contribution in [-0.4, -0.2) is 35.5 Å². The van der Waals surface area contributed by atoms with Gasteiger partial charge in [0.15, 0.2) is 0 Å². The summed E-state index contributed by atoms with van der Waals surface area (Å²) in [5.41, 5.74) is 2.44. The zero-order chi connectivity index (χ0) is 14.1. The highest BCUT2D eigenvalue weighted by molar-refractivity contribution is 7.16. The van der Waals surface area contributed by atoms with Gasteiger partial charge in [-0.25, -0.2) is 9.97 Å². The van der Waals surface area contributed by atoms with Crippen molar-refractivity contribution in [2.45, 2.75) is 19.5 Å². The van der Waals surface area contributed by atoms with Gasteiger partial charge >= 0.3 is 0 Å². The molecule has 3 heterocycles. The number of hydrogen-bond donors (Lipinski definition) is 0. The van der Waals surface area contributed by atoms with Crippen molar-refractivity contribution in [3.05, 3.63) is 38.9 Å². The lowest BCUT2D eigenvalue weighted by Gasteiger charge is -2.29. The third-order valence-corrected chi connectivity index (χ3v) is 4.71. The van der Waals surface area contributed by atoms with Crippen molar-refractivity contribution >= 4 is 28.8 Å². The summed E-state index contributed by atoms with van der Waals surface area (Å²) in [6.07, 6.45) is 2.65. The molecule has 0 N–H and O–H groups in total. The third kappa shape index (κ3) is 2.80. The summed E-state index contributed by atoms with van der Waals surface area (Å²) in [7, 11) is 4.06. The molecule has 6 heteroatoms. The molecule has 0 atom stereocenters. The molecule has 1 aliphatic heterocycles. The van der Waals surface area contributed by atoms with E-state index in [4.69, 9.17) is 11.6 Å². The first-order valence-electron chi connectivity index (χ1n) is 6.60. The van der Waals surface area contributed by atoms with Crippen LogP contribution in [0.25, 0.3) is 0 Å². The maximum atomic E-state index is 6.00. The Bertz CT molecular complexity index is 611. The van der Waals surface area contributed by atoms with E-state index in [1.165, 1.54) is 16.1 Å². The Labute approximate surface area is 128 Å². The molecule has 3 rings (SSSR count). The van der Waals surface area contributed by atoms with Crippen LogP contribution in [0.15, 0.2) is 18.5 Å². The van der Waals surface area contributed by atoms with Crippen molar-refractivity contribution in [1.82, 2.24) is 14.9 Å². The van der Waals surface area contributed by atoms with Gasteiger partial charge in [0.05, 0.1) is 10.0 Å². The molecule has 1 aliphatic rings. The number of anilines is 1. The maximum absolute atomic E-state index is 6.00. The smallest absolute Gasteiger partial charge is 0.136 e. The molecule has 0 saturated heterocycles. The van der Waals surface area contributed by atoms with Crippen LogP contribution < -0.4 is 4.90 Å². The molecule has 2 aromatic heterocycles. The summed E-state index contributed by atoms with van der Waals surface area (Å²) < 4.78 is 0.856. The fourth-order valence-electron chi connectivity index (χ4n) is 2.56. The van der Waals surface area contributed by atoms with E-state index in [0.29, 0.717) is 0 Å². The van der Waals surface area contributed by atoms with E-state index in [-0.39, 0.29) is 0 Å². The lowest BCUT2D eigenvalue weighted by molar-refractivity contribution is 0.245. The highest BCUT2D eigenvalue weighted by atomic mass is 35.5. The Morgan fingerprint density at radius 1 is 1.35 bits per heavy atom. The number of rotatable bonds is 3. The molecule has 0 saturated carbocycles. The number of thiophene rings is 1. The summed E-state index contributed by atoms with van der Waals surface area (Å²) in [5, 5.41) is 0. The van der Waals surface area contributed by atoms with Crippen molar-refractivity contribution in [2.75, 3.05) is 25.5 Å². The van der Waals surface area contributed by atoms with Crippen molar-refractivity contribution in [1.29, 1.82) is 0 Å². The molecule has 4 nitrogen and oxygen atoms in total. The number of halogens is 1. The second kappa shape index (κ2) is 5.68. The van der Waals surface area contributed by atoms with E-state index in [0.717, 1.165) is 36.2 Å². The van der Waals surface area contributed by atoms with E-state index in [2.05, 4.69) is 25.8 Å². The molecular formula is C14H17ClN4S. The summed E-state index contributed by atoms with van der Waals surface area (Å²) >= 11 is 7.65. The fourth-order valence-corrected chi connectivity index (χ4v) is 3.69. The monoisotopic (exact) mass is 308 g/mol. The molecule has 0 fully saturated rings. The largest absolute Gasteiger partial charge is 0.362 e. The second-order valence-electron chi connectivity index (χ2n) is 5.18. The standard InChI is InChI=1S/C14H17ClN4S/c1-18(2)14-11-8-19(6-5-12(11)16-9-17-14)7-10-3-4-13(15)20-10/h3-4,9H,5-8H2,1-2H3. The molecule has 0 unspecified atom stereocenters. The number of hydrogen-bond acceptors (Lipinski definition) is 5. The summed E-state index contributed by atoms with van der Waals surface area (Å²) in [6, 6.07) is 4.07. The fraction of sp³-hybridized carbons (Fsp3) is 0.429. The molecular weight excluding hydrogens is 292 g/mol. The van der Waals surface area contributed by atoms with Gasteiger partial charge in [0.25, 0.3) is 0 Å². The predicted molar refractivity (Wildman–Crippen MR) is 83.5 cm³/mol. The van der Waals surface area contributed by atoms with Gasteiger partial charge in [-0.1, -0.05) is 11.6 Å². The van der Waals surface area contributed by atoms with Crippen LogP contribution in [0.4, 0.5) is 5.82 Å². The van der Waals surface area contributed by atoms with Crippen molar-refractivity contribution in [3.8, 4) is 0 Å². The van der Waals surface area contributed by atoms with E-state index in [9.17, 15) is 0 Å². The summed E-state index contributed by atoms with van der Waals surface area (Å²) in [5.74, 6) is 1.03. The second-order valence-corrected chi connectivity index (χ2v) is 6.98. The summed E-state index contributed by atoms with van der Waals surface area (Å²) in [6.45, 7) is 2.88. The Hall–Kier alpha value is -1.17. The molecule has 0 radical (unpaired) electrons. The van der Waals surface area contributed by atoms with Crippen LogP contribution in [0, 0.1) is 0 Å². The first-order chi connectivity index (χ1) is 9.63. The van der Waals surface area contributed by atoms with Gasteiger partial charge in [-0.15, -0.1) is 11.3 Å². The van der Waals surface area contributed by atoms with Gasteiger partial charge in [0.1, 0.15) is 12.1 Å². The Morgan fingerprint density at radius 2 is 2.20 bits per heavy atom. The SMILES string of the molecule is CN(C)c1ncnc2c1CN(Cc1ccc(Cl)s1)CC2. The maximum Gasteiger partial charge on any atom is 0.136 e. The van der Waals surface area contributed by atoms with E-state index < -0.39 is 0 Å². The minimum Gasteiger partial charge on any atom is -0.362 e. The van der Waals surface area contributed by atoms with Crippen molar-refractivity contribution in [3.63, 3.8) is 0 Å². The van der Waals surface area contributed by atoms with Crippen LogP contribution in [0.1, 0.15) is 16.1 Å². The first kappa shape index (κ1) is 13.8. The van der Waals surface area contributed by atoms with Gasteiger partial charge < -0.3 is 4.90 Å². The first-order valence-corrected chi connectivity index (χ1v) is 7.79. The van der Waals surface area contributed by atoms with Gasteiger partial charge in [0.2, 0.25) is 0 Å². The van der Waals surface area contributed by atoms with E-state index in [1.54, 1.807) is 17.7 Å². The zero-order valence-corrected chi connectivity index (χ0v) is 13.2. The quantitative estimate of drug-likeness (QED) is 0.873. The predicted octanol–water partition coefficient (Wildman–Crippen LogP) is 2.82. The Balaban J connectivity index is 1.80. The van der Waals surface area contributed by atoms with Crippen molar-refractivity contribution in [2.24, 2.45) is 0 Å². The van der Waals surface area contributed by atoms with Crippen molar-refractivity contribution < 1.29 is 0 Å². The Kier molecular flexibility index (Phi) is 3.92. The average molecular weight is 309 g/mol.